The SMILES string of the molecule is c1ccc2[nH]c(-c3ccc(Cn4cc(CCCc5cn(Cc6ccc(-c7nc8ccccc8[nH]7)o6)nn5)nn4)o3)nc2c1. The Morgan fingerprint density at radius 2 is 1.07 bits per heavy atom. The normalized spacial score (nSPS) is 11.7. The molecule has 2 aromatic carbocycles. The van der Waals surface area contributed by atoms with Crippen LogP contribution in [-0.2, 0) is 25.9 Å². The minimum Gasteiger partial charge on any atom is -0.456 e. The van der Waals surface area contributed by atoms with Gasteiger partial charge in [-0.2, -0.15) is 0 Å². The number of furan rings is 2. The van der Waals surface area contributed by atoms with Crippen molar-refractivity contribution in [1.82, 2.24) is 49.9 Å². The number of fused-ring (bicyclic) bond motifs is 2. The van der Waals surface area contributed by atoms with Gasteiger partial charge in [0.05, 0.1) is 33.5 Å². The zero-order valence-electron chi connectivity index (χ0n) is 23.0. The summed E-state index contributed by atoms with van der Waals surface area (Å²) in [5.74, 6) is 4.37. The molecule has 0 aliphatic heterocycles. The molecule has 12 nitrogen and oxygen atoms in total. The Kier molecular flexibility index (Phi) is 6.13. The van der Waals surface area contributed by atoms with Gasteiger partial charge in [0.15, 0.2) is 23.2 Å². The first-order valence-electron chi connectivity index (χ1n) is 14.1. The first kappa shape index (κ1) is 25.0. The first-order chi connectivity index (χ1) is 21.2. The third kappa shape index (κ3) is 5.21. The third-order valence-corrected chi connectivity index (χ3v) is 7.24. The van der Waals surface area contributed by atoms with Crippen molar-refractivity contribution in [1.29, 1.82) is 0 Å². The number of nitrogens with one attached hydrogen (secondary N) is 2. The van der Waals surface area contributed by atoms with Gasteiger partial charge < -0.3 is 18.8 Å². The van der Waals surface area contributed by atoms with Gasteiger partial charge in [-0.3, -0.25) is 0 Å². The number of aryl methyl sites for hydroxylation is 2. The van der Waals surface area contributed by atoms with Gasteiger partial charge in [0, 0.05) is 12.4 Å². The molecule has 0 aliphatic carbocycles. The van der Waals surface area contributed by atoms with E-state index in [1.54, 1.807) is 9.36 Å². The Balaban J connectivity index is 0.836. The molecule has 8 aromatic rings. The second-order valence-corrected chi connectivity index (χ2v) is 10.4. The summed E-state index contributed by atoms with van der Waals surface area (Å²) in [6.07, 6.45) is 6.36. The molecule has 0 fully saturated rings. The molecule has 0 amide bonds. The Bertz CT molecular complexity index is 1940. The fourth-order valence-electron chi connectivity index (χ4n) is 5.15. The van der Waals surface area contributed by atoms with Gasteiger partial charge in [-0.15, -0.1) is 10.2 Å². The van der Waals surface area contributed by atoms with Crippen LogP contribution in [0.4, 0.5) is 0 Å². The van der Waals surface area contributed by atoms with Crippen LogP contribution >= 0.6 is 0 Å². The number of imidazole rings is 2. The van der Waals surface area contributed by atoms with Crippen molar-refractivity contribution in [3.8, 4) is 23.2 Å². The van der Waals surface area contributed by atoms with E-state index in [1.165, 1.54) is 0 Å². The van der Waals surface area contributed by atoms with E-state index in [9.17, 15) is 0 Å². The summed E-state index contributed by atoms with van der Waals surface area (Å²) in [6, 6.07) is 23.5. The van der Waals surface area contributed by atoms with Gasteiger partial charge in [-0.1, -0.05) is 34.7 Å². The highest BCUT2D eigenvalue weighted by Crippen LogP contribution is 2.24. The molecule has 0 saturated carbocycles. The summed E-state index contributed by atoms with van der Waals surface area (Å²) in [6.45, 7) is 0.985. The molecule has 43 heavy (non-hydrogen) atoms. The molecule has 0 aliphatic rings. The highest BCUT2D eigenvalue weighted by Gasteiger charge is 2.13. The molecule has 6 aromatic heterocycles. The molecule has 6 heterocycles. The highest BCUT2D eigenvalue weighted by atomic mass is 16.3. The van der Waals surface area contributed by atoms with Crippen LogP contribution in [0.15, 0.2) is 94.0 Å². The zero-order chi connectivity index (χ0) is 28.6. The van der Waals surface area contributed by atoms with E-state index in [0.717, 1.165) is 64.2 Å². The average Bonchev–Trinajstić information content (AvgIpc) is 3.86. The predicted octanol–water partition coefficient (Wildman–Crippen LogP) is 5.41. The summed E-state index contributed by atoms with van der Waals surface area (Å²) >= 11 is 0. The van der Waals surface area contributed by atoms with Crippen LogP contribution in [0.1, 0.15) is 29.3 Å². The van der Waals surface area contributed by atoms with E-state index < -0.39 is 0 Å². The number of para-hydroxylation sites is 4. The molecule has 0 atom stereocenters. The average molecular weight is 571 g/mol. The van der Waals surface area contributed by atoms with E-state index in [4.69, 9.17) is 8.83 Å². The first-order valence-corrected chi connectivity index (χ1v) is 14.1. The van der Waals surface area contributed by atoms with E-state index in [0.29, 0.717) is 36.3 Å². The van der Waals surface area contributed by atoms with E-state index in [-0.39, 0.29) is 0 Å². The van der Waals surface area contributed by atoms with Gasteiger partial charge in [0.2, 0.25) is 0 Å². The molecule has 0 saturated heterocycles. The maximum absolute atomic E-state index is 6.02. The molecule has 12 heteroatoms. The molecular formula is C31H26N10O2. The Morgan fingerprint density at radius 3 is 1.56 bits per heavy atom. The van der Waals surface area contributed by atoms with Crippen molar-refractivity contribution in [2.45, 2.75) is 32.4 Å². The largest absolute Gasteiger partial charge is 0.456 e. The van der Waals surface area contributed by atoms with Crippen molar-refractivity contribution in [3.63, 3.8) is 0 Å². The second-order valence-electron chi connectivity index (χ2n) is 10.4. The van der Waals surface area contributed by atoms with Gasteiger partial charge in [-0.25, -0.2) is 19.3 Å². The zero-order valence-corrected chi connectivity index (χ0v) is 23.0. The van der Waals surface area contributed by atoms with Gasteiger partial charge in [0.25, 0.3) is 0 Å². The molecule has 2 N–H and O–H groups in total. The number of aromatic amines is 2. The van der Waals surface area contributed by atoms with Crippen molar-refractivity contribution < 1.29 is 8.83 Å². The van der Waals surface area contributed by atoms with Crippen LogP contribution in [0.5, 0.6) is 0 Å². The molecule has 0 radical (unpaired) electrons. The van der Waals surface area contributed by atoms with Crippen LogP contribution in [0, 0.1) is 0 Å². The summed E-state index contributed by atoms with van der Waals surface area (Å²) in [7, 11) is 0. The fourth-order valence-corrected chi connectivity index (χ4v) is 5.15. The van der Waals surface area contributed by atoms with Gasteiger partial charge in [0.1, 0.15) is 24.6 Å². The van der Waals surface area contributed by atoms with Crippen molar-refractivity contribution in [2.75, 3.05) is 0 Å². The smallest absolute Gasteiger partial charge is 0.174 e. The van der Waals surface area contributed by atoms with Crippen LogP contribution in [0.2, 0.25) is 0 Å². The van der Waals surface area contributed by atoms with E-state index in [1.807, 2.05) is 85.2 Å². The standard InChI is InChI=1S/C31H26N10O2/c1-2-9-25-24(8-1)32-30(33-25)28-14-12-22(42-28)18-40-16-20(36-38-40)6-5-7-21-17-41(39-37-21)19-23-13-15-29(43-23)31-34-26-10-3-4-11-27(26)35-31/h1-4,8-17H,5-7,18-19H2,(H,32,33)(H,34,35). The van der Waals surface area contributed by atoms with Crippen molar-refractivity contribution >= 4 is 22.1 Å². The Hall–Kier alpha value is -5.78. The Morgan fingerprint density at radius 1 is 0.581 bits per heavy atom. The van der Waals surface area contributed by atoms with Gasteiger partial charge >= 0.3 is 0 Å². The quantitative estimate of drug-likeness (QED) is 0.222. The lowest BCUT2D eigenvalue weighted by molar-refractivity contribution is 0.483. The highest BCUT2D eigenvalue weighted by molar-refractivity contribution is 5.79. The summed E-state index contributed by atoms with van der Waals surface area (Å²) < 4.78 is 15.6. The molecular weight excluding hydrogens is 544 g/mol. The number of hydrogen-bond acceptors (Lipinski definition) is 8. The minimum atomic E-state index is 0.492. The monoisotopic (exact) mass is 570 g/mol. The molecule has 0 unspecified atom stereocenters. The number of hydrogen-bond donors (Lipinski definition) is 2. The number of H-pyrrole nitrogens is 2. The molecule has 0 spiro atoms. The topological polar surface area (TPSA) is 145 Å². The number of benzene rings is 2. The van der Waals surface area contributed by atoms with E-state index >= 15 is 0 Å². The summed E-state index contributed by atoms with van der Waals surface area (Å²) in [5.41, 5.74) is 5.61. The summed E-state index contributed by atoms with van der Waals surface area (Å²) in [5, 5.41) is 17.2. The third-order valence-electron chi connectivity index (χ3n) is 7.24. The summed E-state index contributed by atoms with van der Waals surface area (Å²) in [4.78, 5) is 15.8. The second kappa shape index (κ2) is 10.6. The number of nitrogens with zero attached hydrogens (tertiary/aromatic N) is 8. The maximum atomic E-state index is 6.02. The van der Waals surface area contributed by atoms with Crippen LogP contribution in [-0.4, -0.2) is 49.9 Å². The lowest BCUT2D eigenvalue weighted by Crippen LogP contribution is -1.99. The number of aromatic nitrogens is 10. The molecule has 8 rings (SSSR count). The lowest BCUT2D eigenvalue weighted by Gasteiger charge is -1.97. The molecule has 212 valence electrons. The fraction of sp³-hybridized carbons (Fsp3) is 0.161. The van der Waals surface area contributed by atoms with Crippen LogP contribution < -0.4 is 0 Å². The molecule has 0 bridgehead atoms. The maximum Gasteiger partial charge on any atom is 0.174 e. The van der Waals surface area contributed by atoms with Crippen LogP contribution in [0.25, 0.3) is 45.2 Å². The predicted molar refractivity (Wildman–Crippen MR) is 158 cm³/mol. The van der Waals surface area contributed by atoms with Crippen LogP contribution in [0.3, 0.4) is 0 Å². The van der Waals surface area contributed by atoms with Crippen molar-refractivity contribution in [2.24, 2.45) is 0 Å². The lowest BCUT2D eigenvalue weighted by atomic mass is 10.2. The van der Waals surface area contributed by atoms with E-state index in [2.05, 4.69) is 40.6 Å². The van der Waals surface area contributed by atoms with Gasteiger partial charge in [-0.05, 0) is 67.8 Å². The van der Waals surface area contributed by atoms with Crippen molar-refractivity contribution in [3.05, 3.63) is 108 Å². The minimum absolute atomic E-state index is 0.492. The Labute approximate surface area is 244 Å². The number of rotatable bonds is 10.